The van der Waals surface area contributed by atoms with Crippen LogP contribution in [0.5, 0.6) is 0 Å². The van der Waals surface area contributed by atoms with E-state index >= 15 is 0 Å². The van der Waals surface area contributed by atoms with Gasteiger partial charge in [-0.25, -0.2) is 4.79 Å². The summed E-state index contributed by atoms with van der Waals surface area (Å²) < 4.78 is 4.62. The van der Waals surface area contributed by atoms with E-state index in [1.807, 2.05) is 6.92 Å². The Labute approximate surface area is 79.4 Å². The van der Waals surface area contributed by atoms with Crippen molar-refractivity contribution < 1.29 is 14.3 Å². The molecule has 0 unspecified atom stereocenters. The van der Waals surface area contributed by atoms with Crippen LogP contribution in [0.4, 0.5) is 4.79 Å². The molecule has 1 N–H and O–H groups in total. The van der Waals surface area contributed by atoms with Crippen LogP contribution < -0.4 is 5.32 Å². The summed E-state index contributed by atoms with van der Waals surface area (Å²) in [6, 6.07) is 0. The molecule has 0 aliphatic rings. The van der Waals surface area contributed by atoms with E-state index in [0.717, 1.165) is 6.42 Å². The first-order valence-electron chi connectivity index (χ1n) is 4.33. The van der Waals surface area contributed by atoms with Crippen LogP contribution in [0.1, 0.15) is 26.7 Å². The zero-order valence-corrected chi connectivity index (χ0v) is 8.64. The lowest BCUT2D eigenvalue weighted by Crippen LogP contribution is -2.52. The first-order chi connectivity index (χ1) is 5.96. The molecule has 0 aromatic heterocycles. The van der Waals surface area contributed by atoms with Crippen molar-refractivity contribution in [2.45, 2.75) is 32.2 Å². The molecule has 0 saturated heterocycles. The topological polar surface area (TPSA) is 55.4 Å². The van der Waals surface area contributed by atoms with Crippen molar-refractivity contribution in [3.8, 4) is 0 Å². The Hall–Kier alpha value is -0.995. The first-order valence-corrected chi connectivity index (χ1v) is 4.33. The van der Waals surface area contributed by atoms with Crippen LogP contribution in [0, 0.1) is 0 Å². The Morgan fingerprint density at radius 2 is 2.08 bits per heavy atom. The van der Waals surface area contributed by atoms with Gasteiger partial charge in [0.2, 0.25) is 7.85 Å². The molecule has 74 valence electrons. The van der Waals surface area contributed by atoms with E-state index in [1.165, 1.54) is 15.0 Å². The van der Waals surface area contributed by atoms with Crippen LogP contribution in [-0.4, -0.2) is 32.3 Å². The Balaban J connectivity index is 4.50. The number of rotatable bonds is 4. The Morgan fingerprint density at radius 1 is 1.54 bits per heavy atom. The van der Waals surface area contributed by atoms with Crippen molar-refractivity contribution >= 4 is 19.6 Å². The lowest BCUT2D eigenvalue weighted by molar-refractivity contribution is -0.147. The SMILES string of the molecule is BC(=O)N[C@@](C)(CCC)C(=O)OC. The summed E-state index contributed by atoms with van der Waals surface area (Å²) in [5.74, 6) is -0.620. The van der Waals surface area contributed by atoms with E-state index in [9.17, 15) is 9.59 Å². The molecule has 13 heavy (non-hydrogen) atoms. The average Bonchev–Trinajstić information content (AvgIpc) is 2.02. The molecular weight excluding hydrogens is 169 g/mol. The van der Waals surface area contributed by atoms with Crippen LogP contribution in [-0.2, 0) is 9.53 Å². The van der Waals surface area contributed by atoms with Crippen molar-refractivity contribution in [3.63, 3.8) is 0 Å². The monoisotopic (exact) mass is 185 g/mol. The maximum atomic E-state index is 11.3. The molecule has 0 aliphatic heterocycles. The highest BCUT2D eigenvalue weighted by Crippen LogP contribution is 2.13. The van der Waals surface area contributed by atoms with E-state index in [-0.39, 0.29) is 5.81 Å². The van der Waals surface area contributed by atoms with Crippen molar-refractivity contribution in [2.75, 3.05) is 7.11 Å². The standard InChI is InChI=1S/C8H16BNO3/c1-4-5-8(2,6(11)13-3)10-7(9)12/h4-5,9H2,1-3H3,(H,10,12)/t8-/m0/s1. The number of hydrogen-bond acceptors (Lipinski definition) is 3. The fraction of sp³-hybridized carbons (Fsp3) is 0.750. The van der Waals surface area contributed by atoms with Crippen molar-refractivity contribution in [1.82, 2.24) is 5.32 Å². The summed E-state index contributed by atoms with van der Waals surface area (Å²) in [6.07, 6.45) is 1.39. The van der Waals surface area contributed by atoms with Crippen molar-refractivity contribution in [3.05, 3.63) is 0 Å². The molecule has 0 spiro atoms. The summed E-state index contributed by atoms with van der Waals surface area (Å²) in [5.41, 5.74) is -0.880. The maximum Gasteiger partial charge on any atom is 0.331 e. The fourth-order valence-electron chi connectivity index (χ4n) is 1.33. The lowest BCUT2D eigenvalue weighted by Gasteiger charge is -2.26. The van der Waals surface area contributed by atoms with E-state index in [4.69, 9.17) is 0 Å². The summed E-state index contributed by atoms with van der Waals surface area (Å²) >= 11 is 0. The normalized spacial score (nSPS) is 14.4. The van der Waals surface area contributed by atoms with E-state index in [0.29, 0.717) is 6.42 Å². The smallest absolute Gasteiger partial charge is 0.331 e. The molecule has 0 rings (SSSR count). The predicted octanol–water partition coefficient (Wildman–Crippen LogP) is 0.0609. The Bertz CT molecular complexity index is 208. The van der Waals surface area contributed by atoms with Crippen LogP contribution in [0.2, 0.25) is 0 Å². The molecule has 0 heterocycles. The maximum absolute atomic E-state index is 11.3. The van der Waals surface area contributed by atoms with Crippen molar-refractivity contribution in [2.24, 2.45) is 0 Å². The van der Waals surface area contributed by atoms with Crippen LogP contribution in [0.3, 0.4) is 0 Å². The zero-order chi connectivity index (χ0) is 10.5. The van der Waals surface area contributed by atoms with Gasteiger partial charge in [-0.1, -0.05) is 13.3 Å². The fourth-order valence-corrected chi connectivity index (χ4v) is 1.33. The highest BCUT2D eigenvalue weighted by atomic mass is 16.5. The molecule has 0 saturated carbocycles. The van der Waals surface area contributed by atoms with Gasteiger partial charge >= 0.3 is 5.97 Å². The highest BCUT2D eigenvalue weighted by Gasteiger charge is 2.33. The Morgan fingerprint density at radius 3 is 2.38 bits per heavy atom. The number of carbonyl (C=O) groups is 2. The molecule has 0 aromatic carbocycles. The number of ether oxygens (including phenoxy) is 1. The first kappa shape index (κ1) is 12.0. The largest absolute Gasteiger partial charge is 0.467 e. The quantitative estimate of drug-likeness (QED) is 0.497. The van der Waals surface area contributed by atoms with Gasteiger partial charge in [0.1, 0.15) is 5.54 Å². The molecule has 1 atom stereocenters. The summed E-state index contributed by atoms with van der Waals surface area (Å²) in [4.78, 5) is 22.2. The second kappa shape index (κ2) is 4.89. The van der Waals surface area contributed by atoms with Gasteiger partial charge in [0.25, 0.3) is 0 Å². The molecule has 0 fully saturated rings. The van der Waals surface area contributed by atoms with Gasteiger partial charge in [-0.2, -0.15) is 0 Å². The molecular formula is C8H16BNO3. The molecule has 4 nitrogen and oxygen atoms in total. The molecule has 0 radical (unpaired) electrons. The van der Waals surface area contributed by atoms with Crippen LogP contribution in [0.25, 0.3) is 0 Å². The molecule has 5 heteroatoms. The third kappa shape index (κ3) is 3.48. The molecule has 0 bridgehead atoms. The summed E-state index contributed by atoms with van der Waals surface area (Å²) in [7, 11) is 2.70. The van der Waals surface area contributed by atoms with Gasteiger partial charge in [0.05, 0.1) is 7.11 Å². The van der Waals surface area contributed by atoms with Gasteiger partial charge in [-0.3, -0.25) is 4.79 Å². The summed E-state index contributed by atoms with van der Waals surface area (Å²) in [6.45, 7) is 3.62. The highest BCUT2D eigenvalue weighted by molar-refractivity contribution is 6.57. The predicted molar refractivity (Wildman–Crippen MR) is 52.4 cm³/mol. The Kier molecular flexibility index (Phi) is 4.52. The number of carbonyl (C=O) groups excluding carboxylic acids is 2. The van der Waals surface area contributed by atoms with Gasteiger partial charge in [0, 0.05) is 0 Å². The molecule has 1 amide bonds. The van der Waals surface area contributed by atoms with Crippen LogP contribution >= 0.6 is 0 Å². The minimum Gasteiger partial charge on any atom is -0.467 e. The van der Waals surface area contributed by atoms with Gasteiger partial charge in [-0.15, -0.1) is 0 Å². The number of nitrogens with one attached hydrogen (secondary N) is 1. The number of hydrogen-bond donors (Lipinski definition) is 1. The van der Waals surface area contributed by atoms with Crippen molar-refractivity contribution in [1.29, 1.82) is 0 Å². The lowest BCUT2D eigenvalue weighted by atomic mass is 9.94. The number of esters is 1. The number of methoxy groups -OCH3 is 1. The second-order valence-electron chi connectivity index (χ2n) is 3.25. The van der Waals surface area contributed by atoms with Gasteiger partial charge < -0.3 is 10.1 Å². The third-order valence-electron chi connectivity index (χ3n) is 1.84. The minimum atomic E-state index is -0.880. The molecule has 0 aliphatic carbocycles. The number of amides is 1. The van der Waals surface area contributed by atoms with Gasteiger partial charge in [-0.05, 0) is 13.3 Å². The zero-order valence-electron chi connectivity index (χ0n) is 8.64. The van der Waals surface area contributed by atoms with E-state index in [1.54, 1.807) is 6.92 Å². The minimum absolute atomic E-state index is 0.221. The third-order valence-corrected chi connectivity index (χ3v) is 1.84. The van der Waals surface area contributed by atoms with Crippen LogP contribution in [0.15, 0.2) is 0 Å². The average molecular weight is 185 g/mol. The second-order valence-corrected chi connectivity index (χ2v) is 3.25. The van der Waals surface area contributed by atoms with Gasteiger partial charge in [0.15, 0.2) is 5.81 Å². The van der Waals surface area contributed by atoms with E-state index < -0.39 is 11.5 Å². The van der Waals surface area contributed by atoms with E-state index in [2.05, 4.69) is 10.1 Å². The summed E-state index contributed by atoms with van der Waals surface area (Å²) in [5, 5.41) is 2.59. The molecule has 0 aromatic rings.